The van der Waals surface area contributed by atoms with Crippen LogP contribution in [0.4, 0.5) is 0 Å². The van der Waals surface area contributed by atoms with Crippen molar-refractivity contribution in [3.63, 3.8) is 0 Å². The van der Waals surface area contributed by atoms with Gasteiger partial charge in [0.2, 0.25) is 0 Å². The molecule has 0 amide bonds. The van der Waals surface area contributed by atoms with Crippen LogP contribution in [0.3, 0.4) is 0 Å². The Morgan fingerprint density at radius 2 is 0.603 bits per heavy atom. The molecule has 6 heterocycles. The SMILES string of the molecule is c1ccc2c(c1)oc1ccc(-n3c4ccc(-c5ccc6c(c5)c5cc(-c7cccc8c7sc7ccccc78)ccc5n6-c5ccc6oc7ccccc7c6c5)cc4c4cc(-c5cccc6c5sc5ccccc56)ccc43)cc12. The van der Waals surface area contributed by atoms with Gasteiger partial charge in [-0.1, -0.05) is 133 Å². The number of hydrogen-bond acceptors (Lipinski definition) is 4. The third kappa shape index (κ3) is 6.04. The van der Waals surface area contributed by atoms with Crippen LogP contribution in [-0.2, 0) is 0 Å². The molecule has 0 spiro atoms. The number of hydrogen-bond donors (Lipinski definition) is 0. The van der Waals surface area contributed by atoms with Crippen molar-refractivity contribution in [2.45, 2.75) is 0 Å². The van der Waals surface area contributed by atoms with Crippen LogP contribution in [0, 0.1) is 0 Å². The first kappa shape index (κ1) is 42.5. The predicted octanol–water partition coefficient (Wildman–Crippen LogP) is 21.4. The minimum absolute atomic E-state index is 0.887. The van der Waals surface area contributed by atoms with E-state index in [4.69, 9.17) is 8.83 Å². The summed E-state index contributed by atoms with van der Waals surface area (Å²) in [6.07, 6.45) is 0. The number of para-hydroxylation sites is 2. The van der Waals surface area contributed by atoms with E-state index in [1.165, 1.54) is 84.1 Å². The van der Waals surface area contributed by atoms with Gasteiger partial charge in [0.1, 0.15) is 22.3 Å². The molecule has 78 heavy (non-hydrogen) atoms. The third-order valence-corrected chi connectivity index (χ3v) is 19.0. The molecule has 362 valence electrons. The molecular weight excluding hydrogens is 989 g/mol. The highest BCUT2D eigenvalue weighted by atomic mass is 32.1. The summed E-state index contributed by atoms with van der Waals surface area (Å²) in [4.78, 5) is 0. The fourth-order valence-corrected chi connectivity index (χ4v) is 15.4. The van der Waals surface area contributed by atoms with Gasteiger partial charge in [-0.15, -0.1) is 22.7 Å². The number of rotatable bonds is 5. The molecule has 0 radical (unpaired) electrons. The van der Waals surface area contributed by atoms with Crippen LogP contribution in [0.5, 0.6) is 0 Å². The number of fused-ring (bicyclic) bond motifs is 18. The van der Waals surface area contributed by atoms with E-state index in [-0.39, 0.29) is 0 Å². The second kappa shape index (κ2) is 15.9. The second-order valence-corrected chi connectivity index (χ2v) is 22.8. The van der Waals surface area contributed by atoms with Gasteiger partial charge < -0.3 is 18.0 Å². The molecule has 4 nitrogen and oxygen atoms in total. The molecule has 0 saturated carbocycles. The summed E-state index contributed by atoms with van der Waals surface area (Å²) in [6.45, 7) is 0. The standard InChI is InChI=1S/C72H40N2O2S2/c1-5-19-65-49(11-1)59-39-45(27-33-67(59)75-65)73-61-29-23-41(35-55(61)57-37-43(25-31-63(57)73)47-15-9-17-53-51-13-3-7-21-69(51)77-71(47)53)42-24-30-62-56(36-42)58-38-44(48-16-10-18-54-52-14-4-8-22-70(52)78-72(48)54)26-32-64(58)74(62)46-28-34-68-60(40-46)50-12-2-6-20-66(50)76-68/h1-40H. The monoisotopic (exact) mass is 1030 g/mol. The van der Waals surface area contributed by atoms with Gasteiger partial charge in [0.25, 0.3) is 0 Å². The van der Waals surface area contributed by atoms with Crippen molar-refractivity contribution in [1.29, 1.82) is 0 Å². The van der Waals surface area contributed by atoms with Gasteiger partial charge in [0, 0.05) is 94.8 Å². The van der Waals surface area contributed by atoms with Gasteiger partial charge in [-0.3, -0.25) is 0 Å². The van der Waals surface area contributed by atoms with Crippen LogP contribution in [0.1, 0.15) is 0 Å². The Morgan fingerprint density at radius 3 is 1.05 bits per heavy atom. The van der Waals surface area contributed by atoms with Gasteiger partial charge >= 0.3 is 0 Å². The summed E-state index contributed by atoms with van der Waals surface area (Å²) in [5.41, 5.74) is 17.6. The maximum atomic E-state index is 6.34. The van der Waals surface area contributed by atoms with E-state index in [0.29, 0.717) is 0 Å². The Morgan fingerprint density at radius 1 is 0.244 bits per heavy atom. The highest BCUT2D eigenvalue weighted by Gasteiger charge is 2.21. The van der Waals surface area contributed by atoms with Crippen molar-refractivity contribution in [2.24, 2.45) is 0 Å². The van der Waals surface area contributed by atoms with E-state index in [1.54, 1.807) is 0 Å². The number of thiophene rings is 2. The molecule has 6 heteroatoms. The summed E-state index contributed by atoms with van der Waals surface area (Å²) in [5.74, 6) is 0. The summed E-state index contributed by atoms with van der Waals surface area (Å²) in [5, 5.41) is 14.5. The first-order chi connectivity index (χ1) is 38.6. The Kier molecular flexibility index (Phi) is 8.67. The highest BCUT2D eigenvalue weighted by molar-refractivity contribution is 7.26. The zero-order valence-corrected chi connectivity index (χ0v) is 43.3. The van der Waals surface area contributed by atoms with Crippen LogP contribution >= 0.6 is 22.7 Å². The number of furan rings is 2. The van der Waals surface area contributed by atoms with E-state index >= 15 is 0 Å². The molecule has 18 rings (SSSR count). The molecule has 0 unspecified atom stereocenters. The molecule has 0 atom stereocenters. The lowest BCUT2D eigenvalue weighted by atomic mass is 9.98. The van der Waals surface area contributed by atoms with Crippen molar-refractivity contribution in [3.8, 4) is 44.8 Å². The van der Waals surface area contributed by atoms with Crippen LogP contribution < -0.4 is 0 Å². The van der Waals surface area contributed by atoms with Crippen molar-refractivity contribution in [3.05, 3.63) is 243 Å². The summed E-state index contributed by atoms with van der Waals surface area (Å²) in [7, 11) is 0. The van der Waals surface area contributed by atoms with Crippen LogP contribution in [0.15, 0.2) is 251 Å². The lowest BCUT2D eigenvalue weighted by molar-refractivity contribution is 0.668. The van der Waals surface area contributed by atoms with Crippen molar-refractivity contribution in [2.75, 3.05) is 0 Å². The number of benzene rings is 12. The first-order valence-electron chi connectivity index (χ1n) is 26.5. The van der Waals surface area contributed by atoms with Crippen LogP contribution in [-0.4, -0.2) is 9.13 Å². The predicted molar refractivity (Wildman–Crippen MR) is 332 cm³/mol. The summed E-state index contributed by atoms with van der Waals surface area (Å²) < 4.78 is 22.8. The highest BCUT2D eigenvalue weighted by Crippen LogP contribution is 2.46. The Bertz CT molecular complexity index is 5250. The molecule has 0 aliphatic heterocycles. The molecule has 0 aliphatic rings. The minimum Gasteiger partial charge on any atom is -0.456 e. The van der Waals surface area contributed by atoms with Crippen molar-refractivity contribution in [1.82, 2.24) is 9.13 Å². The molecular formula is C72H40N2O2S2. The largest absolute Gasteiger partial charge is 0.456 e. The first-order valence-corrected chi connectivity index (χ1v) is 28.1. The quantitative estimate of drug-likeness (QED) is 0.172. The molecule has 6 aromatic heterocycles. The fraction of sp³-hybridized carbons (Fsp3) is 0. The molecule has 0 bridgehead atoms. The number of nitrogens with zero attached hydrogens (tertiary/aromatic N) is 2. The topological polar surface area (TPSA) is 36.1 Å². The Balaban J connectivity index is 0.865. The molecule has 0 saturated heterocycles. The van der Waals surface area contributed by atoms with E-state index in [9.17, 15) is 0 Å². The zero-order valence-electron chi connectivity index (χ0n) is 41.6. The number of aromatic nitrogens is 2. The van der Waals surface area contributed by atoms with E-state index < -0.39 is 0 Å². The lowest BCUT2D eigenvalue weighted by Gasteiger charge is -2.10. The van der Waals surface area contributed by atoms with Gasteiger partial charge in [0.15, 0.2) is 0 Å². The molecule has 0 N–H and O–H groups in total. The molecule has 12 aromatic carbocycles. The van der Waals surface area contributed by atoms with Crippen molar-refractivity contribution >= 4 is 151 Å². The molecule has 0 aliphatic carbocycles. The average molecular weight is 1030 g/mol. The normalized spacial score (nSPS) is 12.4. The van der Waals surface area contributed by atoms with Crippen LogP contribution in [0.25, 0.3) is 173 Å². The fourth-order valence-electron chi connectivity index (χ4n) is 13.0. The van der Waals surface area contributed by atoms with Gasteiger partial charge in [-0.05, 0) is 143 Å². The van der Waals surface area contributed by atoms with Gasteiger partial charge in [-0.2, -0.15) is 0 Å². The van der Waals surface area contributed by atoms with E-state index in [1.807, 2.05) is 34.8 Å². The van der Waals surface area contributed by atoms with E-state index in [0.717, 1.165) is 88.4 Å². The van der Waals surface area contributed by atoms with Crippen molar-refractivity contribution < 1.29 is 8.83 Å². The minimum atomic E-state index is 0.887. The van der Waals surface area contributed by atoms with Gasteiger partial charge in [-0.25, -0.2) is 0 Å². The van der Waals surface area contributed by atoms with Crippen LogP contribution in [0.2, 0.25) is 0 Å². The maximum absolute atomic E-state index is 6.34. The molecule has 0 fully saturated rings. The third-order valence-electron chi connectivity index (χ3n) is 16.5. The summed E-state index contributed by atoms with van der Waals surface area (Å²) >= 11 is 3.76. The summed E-state index contributed by atoms with van der Waals surface area (Å²) in [6, 6.07) is 89.3. The molecule has 18 aromatic rings. The zero-order chi connectivity index (χ0) is 50.7. The maximum Gasteiger partial charge on any atom is 0.135 e. The van der Waals surface area contributed by atoms with E-state index in [2.05, 4.69) is 240 Å². The lowest BCUT2D eigenvalue weighted by Crippen LogP contribution is -1.94. The Labute approximate surface area is 453 Å². The van der Waals surface area contributed by atoms with Gasteiger partial charge in [0.05, 0.1) is 22.1 Å². The smallest absolute Gasteiger partial charge is 0.135 e. The Hall–Kier alpha value is -9.72. The average Bonchev–Trinajstić information content (AvgIpc) is 4.43. The second-order valence-electron chi connectivity index (χ2n) is 20.7.